The lowest BCUT2D eigenvalue weighted by Gasteiger charge is -2.29. The van der Waals surface area contributed by atoms with E-state index in [1.807, 2.05) is 37.3 Å². The van der Waals surface area contributed by atoms with Crippen molar-refractivity contribution in [3.63, 3.8) is 0 Å². The Morgan fingerprint density at radius 3 is 2.77 bits per heavy atom. The van der Waals surface area contributed by atoms with Crippen LogP contribution in [0.5, 0.6) is 0 Å². The molecule has 2 aromatic rings. The Kier molecular flexibility index (Phi) is 5.30. The highest BCUT2D eigenvalue weighted by atomic mass is 16.5. The minimum Gasteiger partial charge on any atom is -0.396 e. The summed E-state index contributed by atoms with van der Waals surface area (Å²) in [6.45, 7) is 2.12. The number of H-pyrrole nitrogens is 1. The van der Waals surface area contributed by atoms with Gasteiger partial charge in [-0.25, -0.2) is 0 Å². The van der Waals surface area contributed by atoms with Crippen molar-refractivity contribution in [1.82, 2.24) is 15.5 Å². The third-order valence-electron chi connectivity index (χ3n) is 3.43. The number of carbonyl (C=O) groups excluding carboxylic acids is 1. The molecule has 0 aliphatic heterocycles. The zero-order chi connectivity index (χ0) is 16.0. The number of hydrogen-bond acceptors (Lipinski definition) is 4. The van der Waals surface area contributed by atoms with Crippen molar-refractivity contribution in [2.24, 2.45) is 0 Å². The summed E-state index contributed by atoms with van der Waals surface area (Å²) in [6.07, 6.45) is 0.409. The lowest BCUT2D eigenvalue weighted by atomic mass is 9.99. The molecule has 0 aliphatic rings. The molecule has 0 radical (unpaired) electrons. The molecule has 0 spiro atoms. The number of amides is 1. The fourth-order valence-corrected chi connectivity index (χ4v) is 2.27. The highest BCUT2D eigenvalue weighted by Crippen LogP contribution is 2.17. The standard InChI is InChI=1S/C16H21N3O3/c1-16(8-9-20,11-22-2)17-15(21)14-10-13(18-19-14)12-6-4-3-5-7-12/h3-7,10,20H,8-9,11H2,1-2H3,(H,17,21)(H,18,19). The van der Waals surface area contributed by atoms with Gasteiger partial charge < -0.3 is 15.2 Å². The molecular formula is C16H21N3O3. The lowest BCUT2D eigenvalue weighted by molar-refractivity contribution is 0.0721. The van der Waals surface area contributed by atoms with Crippen LogP contribution in [0.25, 0.3) is 11.3 Å². The molecule has 0 bridgehead atoms. The summed E-state index contributed by atoms with van der Waals surface area (Å²) < 4.78 is 5.12. The van der Waals surface area contributed by atoms with Gasteiger partial charge in [0.1, 0.15) is 5.69 Å². The van der Waals surface area contributed by atoms with E-state index in [0.29, 0.717) is 24.4 Å². The highest BCUT2D eigenvalue weighted by molar-refractivity contribution is 5.93. The molecule has 118 valence electrons. The molecule has 22 heavy (non-hydrogen) atoms. The van der Waals surface area contributed by atoms with Gasteiger partial charge in [-0.3, -0.25) is 9.89 Å². The summed E-state index contributed by atoms with van der Waals surface area (Å²) >= 11 is 0. The summed E-state index contributed by atoms with van der Waals surface area (Å²) in [4.78, 5) is 12.3. The van der Waals surface area contributed by atoms with Crippen LogP contribution in [-0.4, -0.2) is 47.1 Å². The number of ether oxygens (including phenoxy) is 1. The van der Waals surface area contributed by atoms with E-state index < -0.39 is 5.54 Å². The Balaban J connectivity index is 2.12. The Morgan fingerprint density at radius 2 is 2.14 bits per heavy atom. The molecule has 0 saturated heterocycles. The first-order chi connectivity index (χ1) is 10.6. The summed E-state index contributed by atoms with van der Waals surface area (Å²) in [5.41, 5.74) is 1.40. The van der Waals surface area contributed by atoms with Crippen LogP contribution >= 0.6 is 0 Å². The minimum atomic E-state index is -0.626. The van der Waals surface area contributed by atoms with Crippen LogP contribution in [0.3, 0.4) is 0 Å². The van der Waals surface area contributed by atoms with Crippen molar-refractivity contribution >= 4 is 5.91 Å². The predicted molar refractivity (Wildman–Crippen MR) is 83.5 cm³/mol. The van der Waals surface area contributed by atoms with Gasteiger partial charge in [0.25, 0.3) is 5.91 Å². The van der Waals surface area contributed by atoms with Crippen LogP contribution in [0.4, 0.5) is 0 Å². The van der Waals surface area contributed by atoms with Crippen LogP contribution in [0.15, 0.2) is 36.4 Å². The average Bonchev–Trinajstić information content (AvgIpc) is 2.98. The zero-order valence-electron chi connectivity index (χ0n) is 12.8. The van der Waals surface area contributed by atoms with Crippen molar-refractivity contribution in [1.29, 1.82) is 0 Å². The van der Waals surface area contributed by atoms with E-state index in [1.54, 1.807) is 13.2 Å². The van der Waals surface area contributed by atoms with E-state index in [9.17, 15) is 4.79 Å². The van der Waals surface area contributed by atoms with Gasteiger partial charge in [-0.2, -0.15) is 5.10 Å². The number of aromatic amines is 1. The number of aliphatic hydroxyl groups is 1. The van der Waals surface area contributed by atoms with E-state index in [0.717, 1.165) is 5.56 Å². The number of carbonyl (C=O) groups is 1. The van der Waals surface area contributed by atoms with E-state index >= 15 is 0 Å². The SMILES string of the molecule is COCC(C)(CCO)NC(=O)c1cc(-c2ccccc2)n[nH]1. The highest BCUT2D eigenvalue weighted by Gasteiger charge is 2.27. The van der Waals surface area contributed by atoms with Crippen LogP contribution < -0.4 is 5.32 Å². The molecule has 1 aromatic carbocycles. The number of hydrogen-bond donors (Lipinski definition) is 3. The molecule has 1 atom stereocenters. The van der Waals surface area contributed by atoms with Gasteiger partial charge in [0.2, 0.25) is 0 Å². The molecule has 1 heterocycles. The maximum absolute atomic E-state index is 12.3. The maximum atomic E-state index is 12.3. The van der Waals surface area contributed by atoms with Gasteiger partial charge in [0, 0.05) is 19.3 Å². The van der Waals surface area contributed by atoms with Crippen LogP contribution in [0, 0.1) is 0 Å². The third kappa shape index (κ3) is 3.93. The first-order valence-electron chi connectivity index (χ1n) is 7.11. The van der Waals surface area contributed by atoms with Crippen LogP contribution in [0.1, 0.15) is 23.8 Å². The molecule has 0 saturated carbocycles. The molecule has 0 aliphatic carbocycles. The van der Waals surface area contributed by atoms with Gasteiger partial charge in [-0.15, -0.1) is 0 Å². The second-order valence-electron chi connectivity index (χ2n) is 5.45. The van der Waals surface area contributed by atoms with E-state index in [1.165, 1.54) is 0 Å². The maximum Gasteiger partial charge on any atom is 0.269 e. The fourth-order valence-electron chi connectivity index (χ4n) is 2.27. The second kappa shape index (κ2) is 7.20. The van der Waals surface area contributed by atoms with Gasteiger partial charge in [0.05, 0.1) is 17.8 Å². The van der Waals surface area contributed by atoms with Crippen LogP contribution in [-0.2, 0) is 4.74 Å². The van der Waals surface area contributed by atoms with Crippen molar-refractivity contribution < 1.29 is 14.6 Å². The summed E-state index contributed by atoms with van der Waals surface area (Å²) in [5, 5.41) is 18.9. The number of rotatable bonds is 7. The third-order valence-corrected chi connectivity index (χ3v) is 3.43. The van der Waals surface area contributed by atoms with Gasteiger partial charge in [0.15, 0.2) is 0 Å². The summed E-state index contributed by atoms with van der Waals surface area (Å²) in [5.74, 6) is -0.275. The normalized spacial score (nSPS) is 13.6. The first kappa shape index (κ1) is 16.2. The average molecular weight is 303 g/mol. The summed E-state index contributed by atoms with van der Waals surface area (Å²) in [6, 6.07) is 11.3. The minimum absolute atomic E-state index is 0.0294. The topological polar surface area (TPSA) is 87.2 Å². The Hall–Kier alpha value is -2.18. The molecule has 1 amide bonds. The monoisotopic (exact) mass is 303 g/mol. The van der Waals surface area contributed by atoms with E-state index in [-0.39, 0.29) is 12.5 Å². The van der Waals surface area contributed by atoms with E-state index in [2.05, 4.69) is 15.5 Å². The first-order valence-corrected chi connectivity index (χ1v) is 7.11. The predicted octanol–water partition coefficient (Wildman–Crippen LogP) is 1.59. The molecule has 3 N–H and O–H groups in total. The fraction of sp³-hybridized carbons (Fsp3) is 0.375. The molecule has 6 nitrogen and oxygen atoms in total. The number of benzene rings is 1. The van der Waals surface area contributed by atoms with Gasteiger partial charge in [-0.1, -0.05) is 30.3 Å². The van der Waals surface area contributed by atoms with Crippen molar-refractivity contribution in [3.8, 4) is 11.3 Å². The number of methoxy groups -OCH3 is 1. The number of nitrogens with one attached hydrogen (secondary N) is 2. The van der Waals surface area contributed by atoms with Crippen molar-refractivity contribution in [2.75, 3.05) is 20.3 Å². The molecule has 0 fully saturated rings. The smallest absolute Gasteiger partial charge is 0.269 e. The largest absolute Gasteiger partial charge is 0.396 e. The zero-order valence-corrected chi connectivity index (χ0v) is 12.8. The molecular weight excluding hydrogens is 282 g/mol. The Labute approximate surface area is 129 Å². The lowest BCUT2D eigenvalue weighted by Crippen LogP contribution is -2.50. The Morgan fingerprint density at radius 1 is 1.41 bits per heavy atom. The molecule has 2 rings (SSSR count). The summed E-state index contributed by atoms with van der Waals surface area (Å²) in [7, 11) is 1.56. The van der Waals surface area contributed by atoms with E-state index in [4.69, 9.17) is 9.84 Å². The van der Waals surface area contributed by atoms with Crippen LogP contribution in [0.2, 0.25) is 0 Å². The van der Waals surface area contributed by atoms with Crippen molar-refractivity contribution in [3.05, 3.63) is 42.1 Å². The Bertz CT molecular complexity index is 604. The second-order valence-corrected chi connectivity index (χ2v) is 5.45. The number of nitrogens with zero attached hydrogens (tertiary/aromatic N) is 1. The van der Waals surface area contributed by atoms with Gasteiger partial charge >= 0.3 is 0 Å². The number of aromatic nitrogens is 2. The molecule has 1 aromatic heterocycles. The quantitative estimate of drug-likeness (QED) is 0.725. The van der Waals surface area contributed by atoms with Gasteiger partial charge in [-0.05, 0) is 19.4 Å². The van der Waals surface area contributed by atoms with Crippen molar-refractivity contribution in [2.45, 2.75) is 18.9 Å². The molecule has 1 unspecified atom stereocenters. The molecule has 6 heteroatoms. The number of aliphatic hydroxyl groups excluding tert-OH is 1.